The second kappa shape index (κ2) is 8.12. The maximum atomic E-state index is 13.4. The van der Waals surface area contributed by atoms with Crippen molar-refractivity contribution >= 4 is 15.8 Å². The summed E-state index contributed by atoms with van der Waals surface area (Å²) in [6, 6.07) is 15.2. The van der Waals surface area contributed by atoms with E-state index in [2.05, 4.69) is 5.32 Å². The maximum absolute atomic E-state index is 13.4. The van der Waals surface area contributed by atoms with Crippen molar-refractivity contribution in [1.29, 1.82) is 0 Å². The molecule has 0 bridgehead atoms. The highest BCUT2D eigenvalue weighted by molar-refractivity contribution is 7.89. The number of carbonyl (C=O) groups excluding carboxylic acids is 1. The Bertz CT molecular complexity index is 860. The van der Waals surface area contributed by atoms with E-state index in [0.29, 0.717) is 18.7 Å². The number of hydrogen-bond acceptors (Lipinski definition) is 4. The zero-order chi connectivity index (χ0) is 18.6. The van der Waals surface area contributed by atoms with Gasteiger partial charge in [-0.25, -0.2) is 8.42 Å². The van der Waals surface area contributed by atoms with Crippen LogP contribution in [0.15, 0.2) is 59.5 Å². The first-order valence-corrected chi connectivity index (χ1v) is 10.4. The van der Waals surface area contributed by atoms with Crippen LogP contribution in [-0.4, -0.2) is 44.2 Å². The first kappa shape index (κ1) is 18.8. The Labute approximate surface area is 155 Å². The molecule has 1 aliphatic rings. The predicted octanol–water partition coefficient (Wildman–Crippen LogP) is 2.68. The van der Waals surface area contributed by atoms with E-state index in [1.165, 1.54) is 6.07 Å². The van der Waals surface area contributed by atoms with Crippen LogP contribution in [0.3, 0.4) is 0 Å². The van der Waals surface area contributed by atoms with Crippen LogP contribution in [0, 0.1) is 0 Å². The summed E-state index contributed by atoms with van der Waals surface area (Å²) in [6.07, 6.45) is 1.51. The molecular weight excluding hydrogens is 348 g/mol. The summed E-state index contributed by atoms with van der Waals surface area (Å²) in [5.41, 5.74) is 0.713. The molecule has 2 aromatic carbocycles. The van der Waals surface area contributed by atoms with Crippen LogP contribution >= 0.6 is 0 Å². The molecule has 0 spiro atoms. The summed E-state index contributed by atoms with van der Waals surface area (Å²) >= 11 is 0. The topological polar surface area (TPSA) is 66.5 Å². The van der Waals surface area contributed by atoms with Gasteiger partial charge in [0.2, 0.25) is 10.0 Å². The first-order chi connectivity index (χ1) is 12.6. The number of nitrogens with one attached hydrogen (secondary N) is 1. The van der Waals surface area contributed by atoms with E-state index in [1.54, 1.807) is 46.8 Å². The molecule has 0 aliphatic carbocycles. The SMILES string of the molecule is CCCN(C1CCNC1)S(=O)(=O)c1ccccc1C(=O)c1ccccc1. The van der Waals surface area contributed by atoms with E-state index in [0.717, 1.165) is 19.4 Å². The van der Waals surface area contributed by atoms with E-state index < -0.39 is 10.0 Å². The van der Waals surface area contributed by atoms with Crippen molar-refractivity contribution in [3.8, 4) is 0 Å². The summed E-state index contributed by atoms with van der Waals surface area (Å²) in [4.78, 5) is 13.0. The standard InChI is InChI=1S/C20H24N2O3S/c1-2-14-22(17-12-13-21-15-17)26(24,25)19-11-7-6-10-18(19)20(23)16-8-4-3-5-9-16/h3-11,17,21H,2,12-15H2,1H3. The lowest BCUT2D eigenvalue weighted by atomic mass is 10.0. The van der Waals surface area contributed by atoms with Crippen molar-refractivity contribution < 1.29 is 13.2 Å². The lowest BCUT2D eigenvalue weighted by Gasteiger charge is -2.28. The summed E-state index contributed by atoms with van der Waals surface area (Å²) in [5.74, 6) is -0.272. The summed E-state index contributed by atoms with van der Waals surface area (Å²) in [5, 5.41) is 3.22. The molecule has 2 aromatic rings. The molecule has 0 saturated carbocycles. The number of benzene rings is 2. The number of ketones is 1. The van der Waals surface area contributed by atoms with E-state index in [4.69, 9.17) is 0 Å². The van der Waals surface area contributed by atoms with Gasteiger partial charge in [-0.1, -0.05) is 49.4 Å². The van der Waals surface area contributed by atoms with Gasteiger partial charge < -0.3 is 5.32 Å². The lowest BCUT2D eigenvalue weighted by Crippen LogP contribution is -2.42. The van der Waals surface area contributed by atoms with Crippen molar-refractivity contribution in [1.82, 2.24) is 9.62 Å². The van der Waals surface area contributed by atoms with Gasteiger partial charge in [-0.2, -0.15) is 4.31 Å². The average molecular weight is 372 g/mol. The van der Waals surface area contributed by atoms with Crippen LogP contribution < -0.4 is 5.32 Å². The number of nitrogens with zero attached hydrogens (tertiary/aromatic N) is 1. The molecule has 5 nitrogen and oxygen atoms in total. The second-order valence-corrected chi connectivity index (χ2v) is 8.31. The fraction of sp³-hybridized carbons (Fsp3) is 0.350. The van der Waals surface area contributed by atoms with Crippen LogP contribution in [0.25, 0.3) is 0 Å². The predicted molar refractivity (Wildman–Crippen MR) is 102 cm³/mol. The van der Waals surface area contributed by atoms with E-state index in [-0.39, 0.29) is 22.3 Å². The molecule has 0 amide bonds. The van der Waals surface area contributed by atoms with Gasteiger partial charge in [0, 0.05) is 30.3 Å². The molecule has 0 radical (unpaired) electrons. The summed E-state index contributed by atoms with van der Waals surface area (Å²) in [6.45, 7) is 3.87. The molecular formula is C20H24N2O3S. The Morgan fingerprint density at radius 3 is 2.46 bits per heavy atom. The van der Waals surface area contributed by atoms with Crippen molar-refractivity contribution in [3.05, 3.63) is 65.7 Å². The zero-order valence-corrected chi connectivity index (χ0v) is 15.7. The third-order valence-corrected chi connectivity index (χ3v) is 6.65. The molecule has 1 unspecified atom stereocenters. The highest BCUT2D eigenvalue weighted by Gasteiger charge is 2.34. The fourth-order valence-corrected chi connectivity index (χ4v) is 5.29. The smallest absolute Gasteiger partial charge is 0.244 e. The third-order valence-electron chi connectivity index (χ3n) is 4.64. The Morgan fingerprint density at radius 1 is 1.12 bits per heavy atom. The molecule has 138 valence electrons. The highest BCUT2D eigenvalue weighted by atomic mass is 32.2. The van der Waals surface area contributed by atoms with E-state index >= 15 is 0 Å². The van der Waals surface area contributed by atoms with Gasteiger partial charge in [0.15, 0.2) is 5.78 Å². The Morgan fingerprint density at radius 2 is 1.81 bits per heavy atom. The van der Waals surface area contributed by atoms with Gasteiger partial charge >= 0.3 is 0 Å². The van der Waals surface area contributed by atoms with Crippen LogP contribution in [-0.2, 0) is 10.0 Å². The molecule has 1 fully saturated rings. The molecule has 1 atom stereocenters. The first-order valence-electron chi connectivity index (χ1n) is 8.97. The molecule has 1 saturated heterocycles. The summed E-state index contributed by atoms with van der Waals surface area (Å²) in [7, 11) is -3.76. The maximum Gasteiger partial charge on any atom is 0.244 e. The van der Waals surface area contributed by atoms with Crippen molar-refractivity contribution in [2.45, 2.75) is 30.7 Å². The van der Waals surface area contributed by atoms with Gasteiger partial charge in [-0.05, 0) is 31.5 Å². The minimum atomic E-state index is -3.76. The van der Waals surface area contributed by atoms with Gasteiger partial charge in [0.25, 0.3) is 0 Å². The number of rotatable bonds is 7. The quantitative estimate of drug-likeness (QED) is 0.759. The minimum Gasteiger partial charge on any atom is -0.315 e. The van der Waals surface area contributed by atoms with Gasteiger partial charge in [-0.15, -0.1) is 0 Å². The largest absolute Gasteiger partial charge is 0.315 e. The van der Waals surface area contributed by atoms with E-state index in [9.17, 15) is 13.2 Å². The van der Waals surface area contributed by atoms with Gasteiger partial charge in [-0.3, -0.25) is 4.79 Å². The van der Waals surface area contributed by atoms with Crippen molar-refractivity contribution in [2.75, 3.05) is 19.6 Å². The van der Waals surface area contributed by atoms with Crippen LogP contribution in [0.1, 0.15) is 35.7 Å². The normalized spacial score (nSPS) is 17.5. The molecule has 1 N–H and O–H groups in total. The highest BCUT2D eigenvalue weighted by Crippen LogP contribution is 2.26. The Kier molecular flexibility index (Phi) is 5.86. The van der Waals surface area contributed by atoms with E-state index in [1.807, 2.05) is 13.0 Å². The molecule has 1 heterocycles. The number of sulfonamides is 1. The van der Waals surface area contributed by atoms with Crippen LogP contribution in [0.2, 0.25) is 0 Å². The van der Waals surface area contributed by atoms with Crippen molar-refractivity contribution in [3.63, 3.8) is 0 Å². The molecule has 3 rings (SSSR count). The second-order valence-electron chi connectivity index (χ2n) is 6.45. The van der Waals surface area contributed by atoms with Gasteiger partial charge in [0.1, 0.15) is 0 Å². The summed E-state index contributed by atoms with van der Waals surface area (Å²) < 4.78 is 28.4. The number of carbonyl (C=O) groups is 1. The Balaban J connectivity index is 2.03. The van der Waals surface area contributed by atoms with Crippen LogP contribution in [0.4, 0.5) is 0 Å². The minimum absolute atomic E-state index is 0.0696. The van der Waals surface area contributed by atoms with Gasteiger partial charge in [0.05, 0.1) is 4.90 Å². The lowest BCUT2D eigenvalue weighted by molar-refractivity contribution is 0.103. The fourth-order valence-electron chi connectivity index (χ4n) is 3.36. The zero-order valence-electron chi connectivity index (χ0n) is 14.9. The molecule has 1 aliphatic heterocycles. The molecule has 26 heavy (non-hydrogen) atoms. The number of hydrogen-bond donors (Lipinski definition) is 1. The molecule has 6 heteroatoms. The van der Waals surface area contributed by atoms with Crippen molar-refractivity contribution in [2.24, 2.45) is 0 Å². The Hall–Kier alpha value is -2.02. The molecule has 0 aromatic heterocycles. The monoisotopic (exact) mass is 372 g/mol. The average Bonchev–Trinajstić information content (AvgIpc) is 3.20. The third kappa shape index (κ3) is 3.72. The van der Waals surface area contributed by atoms with Crippen LogP contribution in [0.5, 0.6) is 0 Å².